The summed E-state index contributed by atoms with van der Waals surface area (Å²) in [6.45, 7) is -1.73. The first-order valence-corrected chi connectivity index (χ1v) is 10.4. The van der Waals surface area contributed by atoms with Crippen molar-refractivity contribution in [2.24, 2.45) is 5.73 Å². The number of carbonyl (C=O) groups is 1. The van der Waals surface area contributed by atoms with Crippen molar-refractivity contribution in [1.29, 1.82) is 0 Å². The Morgan fingerprint density at radius 2 is 1.74 bits per heavy atom. The third kappa shape index (κ3) is 7.23. The summed E-state index contributed by atoms with van der Waals surface area (Å²) in [5.74, 6) is -0.644. The first kappa shape index (κ1) is 25.1. The van der Waals surface area contributed by atoms with Crippen molar-refractivity contribution in [1.82, 2.24) is 0 Å². The number of aliphatic hydroxyl groups excluding tert-OH is 1. The molecule has 0 saturated heterocycles. The molecular formula is C25H24F3NO5. The zero-order valence-electron chi connectivity index (χ0n) is 18.1. The molecule has 0 aliphatic rings. The van der Waals surface area contributed by atoms with E-state index in [0.717, 1.165) is 0 Å². The lowest BCUT2D eigenvalue weighted by atomic mass is 9.98. The number of para-hydroxylation sites is 1. The fourth-order valence-electron chi connectivity index (χ4n) is 3.33. The summed E-state index contributed by atoms with van der Waals surface area (Å²) >= 11 is 0. The van der Waals surface area contributed by atoms with Gasteiger partial charge in [-0.1, -0.05) is 36.4 Å². The van der Waals surface area contributed by atoms with Gasteiger partial charge in [0.1, 0.15) is 18.1 Å². The van der Waals surface area contributed by atoms with Gasteiger partial charge >= 0.3 is 12.1 Å². The smallest absolute Gasteiger partial charge is 0.422 e. The van der Waals surface area contributed by atoms with Gasteiger partial charge in [-0.3, -0.25) is 4.79 Å². The molecular weight excluding hydrogens is 451 g/mol. The van der Waals surface area contributed by atoms with Gasteiger partial charge in [-0.25, -0.2) is 0 Å². The molecule has 0 spiro atoms. The van der Waals surface area contributed by atoms with Crippen molar-refractivity contribution in [2.45, 2.75) is 25.2 Å². The van der Waals surface area contributed by atoms with Crippen LogP contribution in [0.5, 0.6) is 11.5 Å². The minimum Gasteiger partial charge on any atom is -0.489 e. The predicted octanol–water partition coefficient (Wildman–Crippen LogP) is 4.49. The van der Waals surface area contributed by atoms with E-state index in [-0.39, 0.29) is 25.4 Å². The number of hydrogen-bond acceptors (Lipinski definition) is 5. The van der Waals surface area contributed by atoms with Crippen LogP contribution in [-0.4, -0.2) is 35.6 Å². The molecule has 34 heavy (non-hydrogen) atoms. The van der Waals surface area contributed by atoms with Crippen LogP contribution >= 0.6 is 0 Å². The van der Waals surface area contributed by atoms with E-state index in [0.29, 0.717) is 33.6 Å². The number of benzene rings is 3. The Morgan fingerprint density at radius 3 is 2.44 bits per heavy atom. The third-order valence-corrected chi connectivity index (χ3v) is 4.92. The molecule has 0 unspecified atom stereocenters. The van der Waals surface area contributed by atoms with Crippen LogP contribution in [-0.2, 0) is 17.8 Å². The highest BCUT2D eigenvalue weighted by atomic mass is 19.4. The van der Waals surface area contributed by atoms with Crippen LogP contribution < -0.4 is 15.2 Å². The average molecular weight is 475 g/mol. The minimum atomic E-state index is -4.50. The van der Waals surface area contributed by atoms with Crippen molar-refractivity contribution in [3.05, 3.63) is 83.4 Å². The Bertz CT molecular complexity index is 1130. The van der Waals surface area contributed by atoms with Gasteiger partial charge in [0, 0.05) is 5.56 Å². The Balaban J connectivity index is 1.92. The number of aliphatic carboxylic acids is 1. The molecule has 4 N–H and O–H groups in total. The van der Waals surface area contributed by atoms with Crippen LogP contribution in [0.25, 0.3) is 11.1 Å². The van der Waals surface area contributed by atoms with Gasteiger partial charge in [0.25, 0.3) is 0 Å². The maximum Gasteiger partial charge on any atom is 0.422 e. The second kappa shape index (κ2) is 11.0. The highest BCUT2D eigenvalue weighted by molar-refractivity contribution is 5.71. The van der Waals surface area contributed by atoms with Gasteiger partial charge in [0.2, 0.25) is 0 Å². The van der Waals surface area contributed by atoms with E-state index in [2.05, 4.69) is 0 Å². The maximum atomic E-state index is 12.7. The summed E-state index contributed by atoms with van der Waals surface area (Å²) in [6.07, 6.45) is -4.73. The molecule has 6 nitrogen and oxygen atoms in total. The normalized spacial score (nSPS) is 12.3. The van der Waals surface area contributed by atoms with E-state index >= 15 is 0 Å². The number of hydrogen-bond donors (Lipinski definition) is 3. The van der Waals surface area contributed by atoms with Gasteiger partial charge in [0.15, 0.2) is 6.61 Å². The second-order valence-corrected chi connectivity index (χ2v) is 7.65. The zero-order valence-corrected chi connectivity index (χ0v) is 18.1. The first-order valence-electron chi connectivity index (χ1n) is 10.4. The molecule has 0 saturated carbocycles. The highest BCUT2D eigenvalue weighted by Gasteiger charge is 2.28. The number of carboxylic acid groups (broad SMARTS) is 1. The van der Waals surface area contributed by atoms with Crippen LogP contribution in [0.15, 0.2) is 66.7 Å². The Morgan fingerprint density at radius 1 is 0.971 bits per heavy atom. The van der Waals surface area contributed by atoms with E-state index in [1.165, 1.54) is 12.1 Å². The molecule has 0 fully saturated rings. The number of carboxylic acids is 1. The number of nitrogens with two attached hydrogens (primary N) is 1. The van der Waals surface area contributed by atoms with E-state index < -0.39 is 24.8 Å². The van der Waals surface area contributed by atoms with Crippen LogP contribution in [0.1, 0.15) is 22.7 Å². The number of aliphatic hydroxyl groups is 1. The number of halogens is 3. The van der Waals surface area contributed by atoms with Crippen molar-refractivity contribution < 1.29 is 37.7 Å². The molecule has 0 aromatic heterocycles. The van der Waals surface area contributed by atoms with Crippen molar-refractivity contribution in [3.8, 4) is 22.6 Å². The van der Waals surface area contributed by atoms with Crippen molar-refractivity contribution in [3.63, 3.8) is 0 Å². The monoisotopic (exact) mass is 475 g/mol. The summed E-state index contributed by atoms with van der Waals surface area (Å²) in [7, 11) is 0. The van der Waals surface area contributed by atoms with Gasteiger partial charge in [0.05, 0.1) is 19.1 Å². The average Bonchev–Trinajstić information content (AvgIpc) is 2.81. The molecule has 3 rings (SSSR count). The molecule has 3 aromatic rings. The summed E-state index contributed by atoms with van der Waals surface area (Å²) in [5.41, 5.74) is 8.81. The van der Waals surface area contributed by atoms with Gasteiger partial charge < -0.3 is 25.4 Å². The second-order valence-electron chi connectivity index (χ2n) is 7.65. The molecule has 0 aliphatic heterocycles. The lowest BCUT2D eigenvalue weighted by Crippen LogP contribution is -2.19. The molecule has 0 bridgehead atoms. The summed E-state index contributed by atoms with van der Waals surface area (Å²) < 4.78 is 49.0. The molecule has 0 radical (unpaired) electrons. The SMILES string of the molecule is N[C@H](CO)c1cccc(-c2cc(COc3ccccc3CC(=O)O)cc(OCC(F)(F)F)c2)c1. The fourth-order valence-corrected chi connectivity index (χ4v) is 3.33. The van der Waals surface area contributed by atoms with Crippen LogP contribution in [0.3, 0.4) is 0 Å². The van der Waals surface area contributed by atoms with E-state index in [9.17, 15) is 23.1 Å². The van der Waals surface area contributed by atoms with Gasteiger partial charge in [-0.2, -0.15) is 13.2 Å². The largest absolute Gasteiger partial charge is 0.489 e. The Kier molecular flexibility index (Phi) is 8.14. The lowest BCUT2D eigenvalue weighted by molar-refractivity contribution is -0.153. The number of rotatable bonds is 10. The van der Waals surface area contributed by atoms with Crippen LogP contribution in [0.2, 0.25) is 0 Å². The lowest BCUT2D eigenvalue weighted by Gasteiger charge is -2.15. The van der Waals surface area contributed by atoms with Gasteiger partial charge in [-0.15, -0.1) is 0 Å². The quantitative estimate of drug-likeness (QED) is 0.399. The summed E-state index contributed by atoms with van der Waals surface area (Å²) in [4.78, 5) is 11.1. The summed E-state index contributed by atoms with van der Waals surface area (Å²) in [5, 5.41) is 18.4. The first-order chi connectivity index (χ1) is 16.1. The van der Waals surface area contributed by atoms with E-state index in [4.69, 9.17) is 20.3 Å². The summed E-state index contributed by atoms with van der Waals surface area (Å²) in [6, 6.07) is 17.7. The zero-order chi connectivity index (χ0) is 24.7. The predicted molar refractivity (Wildman–Crippen MR) is 120 cm³/mol. The molecule has 9 heteroatoms. The van der Waals surface area contributed by atoms with E-state index in [1.807, 2.05) is 0 Å². The van der Waals surface area contributed by atoms with Crippen LogP contribution in [0, 0.1) is 0 Å². The minimum absolute atomic E-state index is 0.00380. The Labute approximate surface area is 194 Å². The molecule has 180 valence electrons. The third-order valence-electron chi connectivity index (χ3n) is 4.92. The van der Waals surface area contributed by atoms with Gasteiger partial charge in [-0.05, 0) is 52.6 Å². The molecule has 3 aromatic carbocycles. The number of ether oxygens (including phenoxy) is 2. The van der Waals surface area contributed by atoms with Crippen LogP contribution in [0.4, 0.5) is 13.2 Å². The van der Waals surface area contributed by atoms with Crippen molar-refractivity contribution in [2.75, 3.05) is 13.2 Å². The maximum absolute atomic E-state index is 12.7. The fraction of sp³-hybridized carbons (Fsp3) is 0.240. The molecule has 1 atom stereocenters. The Hall–Kier alpha value is -3.56. The van der Waals surface area contributed by atoms with E-state index in [1.54, 1.807) is 54.6 Å². The molecule has 0 amide bonds. The number of alkyl halides is 3. The standard InChI is InChI=1S/C25H24F3NO5/c26-25(27,28)15-34-21-9-16(14-33-23-7-2-1-4-19(23)12-24(31)32)8-20(11-21)17-5-3-6-18(10-17)22(29)13-30/h1-11,22,30H,12-15,29H2,(H,31,32)/t22-/m1/s1. The highest BCUT2D eigenvalue weighted by Crippen LogP contribution is 2.30. The van der Waals surface area contributed by atoms with Crippen molar-refractivity contribution >= 4 is 5.97 Å². The molecule has 0 heterocycles. The molecule has 0 aliphatic carbocycles. The topological polar surface area (TPSA) is 102 Å².